The summed E-state index contributed by atoms with van der Waals surface area (Å²) in [4.78, 5) is 0.526. The number of hydrogen-bond donors (Lipinski definition) is 0. The Morgan fingerprint density at radius 3 is 2.28 bits per heavy atom. The van der Waals surface area contributed by atoms with Crippen LogP contribution in [0.5, 0.6) is 11.5 Å². The third-order valence-electron chi connectivity index (χ3n) is 2.96. The summed E-state index contributed by atoms with van der Waals surface area (Å²) in [7, 11) is 3.33. The highest BCUT2D eigenvalue weighted by Crippen LogP contribution is 2.29. The van der Waals surface area contributed by atoms with Gasteiger partial charge in [0.2, 0.25) is 0 Å². The molecule has 1 aromatic rings. The molecule has 0 amide bonds. The molecule has 0 aliphatic heterocycles. The molecule has 2 nitrogen and oxygen atoms in total. The molecule has 102 valence electrons. The fourth-order valence-electron chi connectivity index (χ4n) is 1.88. The lowest BCUT2D eigenvalue weighted by Gasteiger charge is -2.13. The fourth-order valence-corrected chi connectivity index (χ4v) is 2.52. The Morgan fingerprint density at radius 1 is 1.06 bits per heavy atom. The molecule has 3 heteroatoms. The van der Waals surface area contributed by atoms with Gasteiger partial charge in [-0.2, -0.15) is 0 Å². The number of ether oxygens (including phenoxy) is 2. The molecular formula is C15H23BrO2. The highest BCUT2D eigenvalue weighted by Gasteiger charge is 2.10. The van der Waals surface area contributed by atoms with Crippen LogP contribution in [0.3, 0.4) is 0 Å². The summed E-state index contributed by atoms with van der Waals surface area (Å²) in [5.74, 6) is 2.35. The van der Waals surface area contributed by atoms with E-state index in [2.05, 4.69) is 41.9 Å². The van der Waals surface area contributed by atoms with E-state index in [9.17, 15) is 0 Å². The molecule has 0 fully saturated rings. The van der Waals surface area contributed by atoms with E-state index in [4.69, 9.17) is 9.47 Å². The van der Waals surface area contributed by atoms with Crippen molar-refractivity contribution in [3.05, 3.63) is 23.8 Å². The average molecular weight is 315 g/mol. The Morgan fingerprint density at radius 2 is 1.72 bits per heavy atom. The number of rotatable bonds is 7. The van der Waals surface area contributed by atoms with Gasteiger partial charge in [-0.05, 0) is 42.9 Å². The zero-order valence-electron chi connectivity index (χ0n) is 11.7. The monoisotopic (exact) mass is 314 g/mol. The second kappa shape index (κ2) is 7.67. The van der Waals surface area contributed by atoms with Crippen molar-refractivity contribution in [3.63, 3.8) is 0 Å². The van der Waals surface area contributed by atoms with Crippen LogP contribution in [0.4, 0.5) is 0 Å². The summed E-state index contributed by atoms with van der Waals surface area (Å²) in [6, 6.07) is 6.13. The largest absolute Gasteiger partial charge is 0.493 e. The standard InChI is InChI=1S/C15H23BrO2/c1-11(2)5-7-13(16)9-12-6-8-14(17-3)15(10-12)18-4/h6,8,10-11,13H,5,7,9H2,1-4H3. The van der Waals surface area contributed by atoms with E-state index in [1.807, 2.05) is 6.07 Å². The lowest BCUT2D eigenvalue weighted by Crippen LogP contribution is -2.05. The molecule has 1 unspecified atom stereocenters. The van der Waals surface area contributed by atoms with Crippen LogP contribution in [0.1, 0.15) is 32.3 Å². The molecule has 1 rings (SSSR count). The maximum atomic E-state index is 5.32. The predicted molar refractivity (Wildman–Crippen MR) is 80.0 cm³/mol. The highest BCUT2D eigenvalue weighted by atomic mass is 79.9. The molecule has 0 aromatic heterocycles. The minimum Gasteiger partial charge on any atom is -0.493 e. The first-order chi connectivity index (χ1) is 8.56. The third-order valence-corrected chi connectivity index (χ3v) is 3.74. The van der Waals surface area contributed by atoms with Crippen LogP contribution in [0.15, 0.2) is 18.2 Å². The summed E-state index contributed by atoms with van der Waals surface area (Å²) in [6.45, 7) is 4.52. The molecule has 0 saturated carbocycles. The predicted octanol–water partition coefficient (Wildman–Crippen LogP) is 4.45. The van der Waals surface area contributed by atoms with Gasteiger partial charge >= 0.3 is 0 Å². The van der Waals surface area contributed by atoms with E-state index in [-0.39, 0.29) is 0 Å². The summed E-state index contributed by atoms with van der Waals surface area (Å²) in [5.41, 5.74) is 1.28. The third kappa shape index (κ3) is 4.89. The second-order valence-electron chi connectivity index (χ2n) is 4.96. The van der Waals surface area contributed by atoms with Crippen LogP contribution in [0.2, 0.25) is 0 Å². The van der Waals surface area contributed by atoms with Gasteiger partial charge in [-0.15, -0.1) is 0 Å². The fraction of sp³-hybridized carbons (Fsp3) is 0.600. The van der Waals surface area contributed by atoms with Crippen molar-refractivity contribution < 1.29 is 9.47 Å². The van der Waals surface area contributed by atoms with Crippen molar-refractivity contribution in [1.29, 1.82) is 0 Å². The first kappa shape index (κ1) is 15.4. The highest BCUT2D eigenvalue weighted by molar-refractivity contribution is 9.09. The first-order valence-electron chi connectivity index (χ1n) is 6.41. The van der Waals surface area contributed by atoms with Gasteiger partial charge in [-0.3, -0.25) is 0 Å². The van der Waals surface area contributed by atoms with Crippen LogP contribution in [0.25, 0.3) is 0 Å². The molecule has 18 heavy (non-hydrogen) atoms. The van der Waals surface area contributed by atoms with E-state index >= 15 is 0 Å². The molecule has 0 bridgehead atoms. The number of benzene rings is 1. The van der Waals surface area contributed by atoms with E-state index < -0.39 is 0 Å². The van der Waals surface area contributed by atoms with Gasteiger partial charge in [0, 0.05) is 4.83 Å². The lowest BCUT2D eigenvalue weighted by molar-refractivity contribution is 0.354. The molecular weight excluding hydrogens is 292 g/mol. The van der Waals surface area contributed by atoms with Gasteiger partial charge in [0.15, 0.2) is 11.5 Å². The first-order valence-corrected chi connectivity index (χ1v) is 7.33. The van der Waals surface area contributed by atoms with Gasteiger partial charge in [-0.1, -0.05) is 35.8 Å². The van der Waals surface area contributed by atoms with Crippen molar-refractivity contribution in [2.24, 2.45) is 5.92 Å². The Kier molecular flexibility index (Phi) is 6.55. The van der Waals surface area contributed by atoms with Gasteiger partial charge in [-0.25, -0.2) is 0 Å². The summed E-state index contributed by atoms with van der Waals surface area (Å²) in [5, 5.41) is 0. The number of alkyl halides is 1. The molecule has 0 saturated heterocycles. The van der Waals surface area contributed by atoms with E-state index in [0.717, 1.165) is 23.8 Å². The molecule has 0 spiro atoms. The normalized spacial score (nSPS) is 12.6. The molecule has 0 aliphatic carbocycles. The van der Waals surface area contributed by atoms with Crippen molar-refractivity contribution in [1.82, 2.24) is 0 Å². The zero-order chi connectivity index (χ0) is 13.5. The van der Waals surface area contributed by atoms with Gasteiger partial charge in [0.1, 0.15) is 0 Å². The zero-order valence-corrected chi connectivity index (χ0v) is 13.3. The summed E-state index contributed by atoms with van der Waals surface area (Å²) >= 11 is 3.75. The van der Waals surface area contributed by atoms with E-state index in [1.54, 1.807) is 14.2 Å². The van der Waals surface area contributed by atoms with Gasteiger partial charge in [0.25, 0.3) is 0 Å². The lowest BCUT2D eigenvalue weighted by atomic mass is 10.0. The molecule has 0 aliphatic rings. The Balaban J connectivity index is 2.61. The van der Waals surface area contributed by atoms with Gasteiger partial charge in [0.05, 0.1) is 14.2 Å². The Hall–Kier alpha value is -0.700. The molecule has 0 N–H and O–H groups in total. The Labute approximate surface area is 119 Å². The molecule has 0 heterocycles. The molecule has 1 atom stereocenters. The Bertz CT molecular complexity index is 364. The van der Waals surface area contributed by atoms with Crippen molar-refractivity contribution in [2.75, 3.05) is 14.2 Å². The van der Waals surface area contributed by atoms with Gasteiger partial charge < -0.3 is 9.47 Å². The van der Waals surface area contributed by atoms with Crippen molar-refractivity contribution >= 4 is 15.9 Å². The second-order valence-corrected chi connectivity index (χ2v) is 6.26. The molecule has 1 aromatic carbocycles. The van der Waals surface area contributed by atoms with Crippen molar-refractivity contribution in [2.45, 2.75) is 37.9 Å². The number of hydrogen-bond acceptors (Lipinski definition) is 2. The van der Waals surface area contributed by atoms with Crippen molar-refractivity contribution in [3.8, 4) is 11.5 Å². The van der Waals surface area contributed by atoms with E-state index in [0.29, 0.717) is 4.83 Å². The number of methoxy groups -OCH3 is 2. The van der Waals surface area contributed by atoms with E-state index in [1.165, 1.54) is 18.4 Å². The summed E-state index contributed by atoms with van der Waals surface area (Å²) < 4.78 is 10.6. The van der Waals surface area contributed by atoms with Crippen LogP contribution >= 0.6 is 15.9 Å². The SMILES string of the molecule is COc1ccc(CC(Br)CCC(C)C)cc1OC. The quantitative estimate of drug-likeness (QED) is 0.692. The molecule has 0 radical (unpaired) electrons. The maximum Gasteiger partial charge on any atom is 0.160 e. The smallest absolute Gasteiger partial charge is 0.160 e. The van der Waals surface area contributed by atoms with Crippen LogP contribution in [-0.2, 0) is 6.42 Å². The topological polar surface area (TPSA) is 18.5 Å². The minimum atomic E-state index is 0.526. The average Bonchev–Trinajstić information content (AvgIpc) is 2.36. The maximum absolute atomic E-state index is 5.32. The van der Waals surface area contributed by atoms with Crippen LogP contribution in [0, 0.1) is 5.92 Å². The van der Waals surface area contributed by atoms with Crippen LogP contribution in [-0.4, -0.2) is 19.0 Å². The summed E-state index contributed by atoms with van der Waals surface area (Å²) in [6.07, 6.45) is 3.47. The number of halogens is 1. The van der Waals surface area contributed by atoms with Crippen LogP contribution < -0.4 is 9.47 Å². The minimum absolute atomic E-state index is 0.526.